The fraction of sp³-hybridized carbons (Fsp3) is 0.125. The number of hydrogen-bond acceptors (Lipinski definition) is 4. The minimum atomic E-state index is -0.214. The molecular weight excluding hydrogens is 396 g/mol. The van der Waals surface area contributed by atoms with Gasteiger partial charge in [0.05, 0.1) is 22.3 Å². The van der Waals surface area contributed by atoms with Crippen LogP contribution in [0.1, 0.15) is 29.4 Å². The number of nitrogens with one attached hydrogen (secondary N) is 1. The molecule has 5 nitrogen and oxygen atoms in total. The minimum absolute atomic E-state index is 0.108. The predicted octanol–water partition coefficient (Wildman–Crippen LogP) is 4.79. The predicted molar refractivity (Wildman–Crippen MR) is 121 cm³/mol. The highest BCUT2D eigenvalue weighted by Gasteiger charge is 2.27. The second-order valence-electron chi connectivity index (χ2n) is 7.41. The Morgan fingerprint density at radius 2 is 1.73 bits per heavy atom. The summed E-state index contributed by atoms with van der Waals surface area (Å²) in [6.07, 6.45) is 0.640. The molecule has 0 saturated carbocycles. The zero-order valence-corrected chi connectivity index (χ0v) is 17.1. The zero-order chi connectivity index (χ0) is 20.7. The Labute approximate surface area is 178 Å². The number of aromatic nitrogens is 2. The van der Waals surface area contributed by atoms with Crippen LogP contribution in [0.2, 0.25) is 5.02 Å². The van der Waals surface area contributed by atoms with Gasteiger partial charge in [0, 0.05) is 11.4 Å². The second-order valence-corrected chi connectivity index (χ2v) is 7.85. The van der Waals surface area contributed by atoms with Gasteiger partial charge < -0.3 is 0 Å². The number of rotatable bonds is 3. The van der Waals surface area contributed by atoms with Crippen LogP contribution in [-0.2, 0) is 0 Å². The first-order valence-electron chi connectivity index (χ1n) is 9.77. The molecule has 0 amide bonds. The molecule has 1 atom stereocenters. The lowest BCUT2D eigenvalue weighted by atomic mass is 10.0. The van der Waals surface area contributed by atoms with Gasteiger partial charge in [0.15, 0.2) is 0 Å². The van der Waals surface area contributed by atoms with Crippen molar-refractivity contribution in [3.63, 3.8) is 0 Å². The summed E-state index contributed by atoms with van der Waals surface area (Å²) < 4.78 is 1.66. The zero-order valence-electron chi connectivity index (χ0n) is 16.3. The molecule has 4 aromatic rings. The number of hydrogen-bond donors (Lipinski definition) is 1. The van der Waals surface area contributed by atoms with Gasteiger partial charge >= 0.3 is 0 Å². The monoisotopic (exact) mass is 414 g/mol. The van der Waals surface area contributed by atoms with Crippen LogP contribution in [0.15, 0.2) is 82.7 Å². The van der Waals surface area contributed by atoms with Gasteiger partial charge in [-0.2, -0.15) is 5.10 Å². The third-order valence-electron chi connectivity index (χ3n) is 5.34. The molecule has 1 aromatic heterocycles. The van der Waals surface area contributed by atoms with Crippen molar-refractivity contribution in [2.75, 3.05) is 0 Å². The van der Waals surface area contributed by atoms with Crippen molar-refractivity contribution >= 4 is 28.2 Å². The number of fused-ring (bicyclic) bond motifs is 1. The van der Waals surface area contributed by atoms with E-state index in [1.54, 1.807) is 22.8 Å². The average Bonchev–Trinajstić information content (AvgIpc) is 3.25. The maximum absolute atomic E-state index is 13.4. The van der Waals surface area contributed by atoms with Crippen LogP contribution in [0.4, 0.5) is 0 Å². The lowest BCUT2D eigenvalue weighted by molar-refractivity contribution is 0.565. The van der Waals surface area contributed by atoms with E-state index in [4.69, 9.17) is 16.6 Å². The molecule has 3 aromatic carbocycles. The van der Waals surface area contributed by atoms with E-state index in [2.05, 4.69) is 41.7 Å². The highest BCUT2D eigenvalue weighted by molar-refractivity contribution is 6.30. The molecule has 30 heavy (non-hydrogen) atoms. The number of nitrogens with zero attached hydrogens (tertiary/aromatic N) is 3. The smallest absolute Gasteiger partial charge is 0.266 e. The number of aryl methyl sites for hydroxylation is 1. The standard InChI is InChI=1S/C24H19ClN4O/c1-15-6-8-16(9-7-15)21-14-22(28-27-21)23-26-20-5-3-2-4-19(20)24(30)29(23)18-12-10-17(25)11-13-18/h2-13,22,28H,14H2,1H3. The first-order valence-corrected chi connectivity index (χ1v) is 10.1. The Balaban J connectivity index is 1.62. The summed E-state index contributed by atoms with van der Waals surface area (Å²) in [5.74, 6) is 0.631. The SMILES string of the molecule is Cc1ccc(C2=NNC(c3nc4ccccc4c(=O)n3-c3ccc(Cl)cc3)C2)cc1. The average molecular weight is 415 g/mol. The number of hydrazone groups is 1. The summed E-state index contributed by atoms with van der Waals surface area (Å²) in [5, 5.41) is 5.74. The van der Waals surface area contributed by atoms with Crippen molar-refractivity contribution in [2.45, 2.75) is 19.4 Å². The molecule has 0 spiro atoms. The maximum atomic E-state index is 13.4. The summed E-state index contributed by atoms with van der Waals surface area (Å²) in [6, 6.07) is 22.7. The van der Waals surface area contributed by atoms with Crippen molar-refractivity contribution in [3.8, 4) is 5.69 Å². The third-order valence-corrected chi connectivity index (χ3v) is 5.59. The van der Waals surface area contributed by atoms with Crippen LogP contribution in [0.3, 0.4) is 0 Å². The maximum Gasteiger partial charge on any atom is 0.266 e. The molecule has 6 heteroatoms. The second kappa shape index (κ2) is 7.43. The van der Waals surface area contributed by atoms with Crippen molar-refractivity contribution in [1.29, 1.82) is 0 Å². The molecule has 5 rings (SSSR count). The van der Waals surface area contributed by atoms with Gasteiger partial charge in [-0.05, 0) is 48.9 Å². The largest absolute Gasteiger partial charge is 0.299 e. The first kappa shape index (κ1) is 18.6. The fourth-order valence-electron chi connectivity index (χ4n) is 3.74. The van der Waals surface area contributed by atoms with Gasteiger partial charge in [-0.1, -0.05) is 53.6 Å². The third kappa shape index (κ3) is 3.27. The molecule has 0 aliphatic carbocycles. The molecule has 0 bridgehead atoms. The van der Waals surface area contributed by atoms with E-state index in [0.717, 1.165) is 17.0 Å². The van der Waals surface area contributed by atoms with Gasteiger partial charge in [0.2, 0.25) is 0 Å². The highest BCUT2D eigenvalue weighted by atomic mass is 35.5. The molecule has 0 saturated heterocycles. The van der Waals surface area contributed by atoms with Crippen LogP contribution in [0, 0.1) is 6.92 Å². The Morgan fingerprint density at radius 1 is 1.00 bits per heavy atom. The summed E-state index contributed by atoms with van der Waals surface area (Å²) in [7, 11) is 0. The quantitative estimate of drug-likeness (QED) is 0.524. The van der Waals surface area contributed by atoms with Crippen molar-refractivity contribution < 1.29 is 0 Å². The van der Waals surface area contributed by atoms with Gasteiger partial charge in [-0.15, -0.1) is 0 Å². The Morgan fingerprint density at radius 3 is 2.50 bits per heavy atom. The van der Waals surface area contributed by atoms with Gasteiger partial charge in [-0.25, -0.2) is 4.98 Å². The Kier molecular flexibility index (Phi) is 4.60. The van der Waals surface area contributed by atoms with Gasteiger partial charge in [0.1, 0.15) is 11.9 Å². The number of para-hydroxylation sites is 1. The summed E-state index contributed by atoms with van der Waals surface area (Å²) in [6.45, 7) is 2.06. The normalized spacial score (nSPS) is 15.8. The van der Waals surface area contributed by atoms with Crippen LogP contribution in [0.25, 0.3) is 16.6 Å². The Hall–Kier alpha value is -3.44. The fourth-order valence-corrected chi connectivity index (χ4v) is 3.87. The van der Waals surface area contributed by atoms with Crippen LogP contribution < -0.4 is 11.0 Å². The number of benzene rings is 3. The molecule has 0 fully saturated rings. The van der Waals surface area contributed by atoms with Crippen molar-refractivity contribution in [3.05, 3.63) is 105 Å². The molecule has 1 aliphatic heterocycles. The number of halogens is 1. The van der Waals surface area contributed by atoms with Crippen molar-refractivity contribution in [1.82, 2.24) is 15.0 Å². The topological polar surface area (TPSA) is 59.3 Å². The first-order chi connectivity index (χ1) is 14.6. The molecule has 1 N–H and O–H groups in total. The summed E-state index contributed by atoms with van der Waals surface area (Å²) in [5.41, 5.74) is 7.70. The van der Waals surface area contributed by atoms with E-state index in [0.29, 0.717) is 28.2 Å². The van der Waals surface area contributed by atoms with Gasteiger partial charge in [-0.3, -0.25) is 14.8 Å². The van der Waals surface area contributed by atoms with E-state index in [9.17, 15) is 4.79 Å². The molecule has 1 unspecified atom stereocenters. The molecule has 2 heterocycles. The molecule has 1 aliphatic rings. The molecule has 148 valence electrons. The highest BCUT2D eigenvalue weighted by Crippen LogP contribution is 2.26. The summed E-state index contributed by atoms with van der Waals surface area (Å²) >= 11 is 6.07. The van der Waals surface area contributed by atoms with E-state index < -0.39 is 0 Å². The van der Waals surface area contributed by atoms with E-state index in [1.165, 1.54) is 5.56 Å². The Bertz CT molecular complexity index is 1320. The lowest BCUT2D eigenvalue weighted by Crippen LogP contribution is -2.28. The summed E-state index contributed by atoms with van der Waals surface area (Å²) in [4.78, 5) is 18.3. The van der Waals surface area contributed by atoms with Crippen LogP contribution in [0.5, 0.6) is 0 Å². The molecular formula is C24H19ClN4O. The van der Waals surface area contributed by atoms with Crippen molar-refractivity contribution in [2.24, 2.45) is 5.10 Å². The van der Waals surface area contributed by atoms with Gasteiger partial charge in [0.25, 0.3) is 5.56 Å². The van der Waals surface area contributed by atoms with E-state index in [-0.39, 0.29) is 11.6 Å². The van der Waals surface area contributed by atoms with E-state index in [1.807, 2.05) is 30.3 Å². The minimum Gasteiger partial charge on any atom is -0.299 e. The van der Waals surface area contributed by atoms with Crippen LogP contribution >= 0.6 is 11.6 Å². The molecule has 0 radical (unpaired) electrons. The van der Waals surface area contributed by atoms with Crippen LogP contribution in [-0.4, -0.2) is 15.3 Å². The lowest BCUT2D eigenvalue weighted by Gasteiger charge is -2.18. The van der Waals surface area contributed by atoms with E-state index >= 15 is 0 Å².